The van der Waals surface area contributed by atoms with Gasteiger partial charge < -0.3 is 18.9 Å². The molecule has 1 fully saturated rings. The highest BCUT2D eigenvalue weighted by molar-refractivity contribution is 5.15. The Morgan fingerprint density at radius 2 is 1.21 bits per heavy atom. The molecule has 0 aromatic heterocycles. The number of ether oxygens (including phenoxy) is 4. The maximum atomic E-state index is 9.35. The van der Waals surface area contributed by atoms with E-state index in [1.807, 2.05) is 91.0 Å². The molecule has 6 heteroatoms. The van der Waals surface area contributed by atoms with Gasteiger partial charge in [-0.05, 0) is 16.7 Å². The van der Waals surface area contributed by atoms with Crippen LogP contribution < -0.4 is 0 Å². The van der Waals surface area contributed by atoms with Crippen LogP contribution in [0, 0.1) is 0 Å². The normalized spacial score (nSPS) is 22.8. The van der Waals surface area contributed by atoms with Crippen molar-refractivity contribution in [3.8, 4) is 0 Å². The van der Waals surface area contributed by atoms with Crippen LogP contribution in [-0.4, -0.2) is 36.5 Å². The summed E-state index contributed by atoms with van der Waals surface area (Å²) >= 11 is 0. The molecular formula is C27H30O6. The van der Waals surface area contributed by atoms with Crippen LogP contribution in [0.4, 0.5) is 0 Å². The fourth-order valence-electron chi connectivity index (χ4n) is 3.88. The molecule has 3 aromatic carbocycles. The molecule has 3 aromatic rings. The van der Waals surface area contributed by atoms with Crippen LogP contribution in [-0.2, 0) is 43.7 Å². The lowest BCUT2D eigenvalue weighted by molar-refractivity contribution is -0.385. The lowest BCUT2D eigenvalue weighted by Crippen LogP contribution is -2.52. The summed E-state index contributed by atoms with van der Waals surface area (Å²) < 4.78 is 24.5. The van der Waals surface area contributed by atoms with E-state index in [0.29, 0.717) is 26.2 Å². The van der Waals surface area contributed by atoms with Gasteiger partial charge in [-0.1, -0.05) is 91.0 Å². The molecule has 1 N–H and O–H groups in total. The molecule has 174 valence electrons. The molecular weight excluding hydrogens is 420 g/mol. The number of hydrogen-bond donors (Lipinski definition) is 1. The van der Waals surface area contributed by atoms with E-state index >= 15 is 0 Å². The highest BCUT2D eigenvalue weighted by atomic mass is 17.1. The maximum Gasteiger partial charge on any atom is 0.194 e. The second-order valence-electron chi connectivity index (χ2n) is 8.04. The van der Waals surface area contributed by atoms with Crippen molar-refractivity contribution in [1.82, 2.24) is 0 Å². The average Bonchev–Trinajstić information content (AvgIpc) is 2.88. The molecule has 0 spiro atoms. The lowest BCUT2D eigenvalue weighted by atomic mass is 10.0. The summed E-state index contributed by atoms with van der Waals surface area (Å²) in [7, 11) is 0. The van der Waals surface area contributed by atoms with Crippen molar-refractivity contribution in [2.45, 2.75) is 50.8 Å². The molecule has 0 radical (unpaired) electrons. The molecule has 1 aliphatic rings. The lowest BCUT2D eigenvalue weighted by Gasteiger charge is -2.40. The van der Waals surface area contributed by atoms with Gasteiger partial charge in [-0.2, -0.15) is 0 Å². The predicted octanol–water partition coefficient (Wildman–Crippen LogP) is 4.98. The predicted molar refractivity (Wildman–Crippen MR) is 123 cm³/mol. The van der Waals surface area contributed by atoms with E-state index in [2.05, 4.69) is 4.89 Å². The van der Waals surface area contributed by atoms with Gasteiger partial charge in [0.05, 0.1) is 32.5 Å². The third-order valence-electron chi connectivity index (χ3n) is 5.59. The topological polar surface area (TPSA) is 66.4 Å². The zero-order valence-electron chi connectivity index (χ0n) is 18.5. The van der Waals surface area contributed by atoms with Crippen LogP contribution in [0.25, 0.3) is 0 Å². The molecule has 0 amide bonds. The Kier molecular flexibility index (Phi) is 9.00. The van der Waals surface area contributed by atoms with Gasteiger partial charge in [-0.3, -0.25) is 0 Å². The molecule has 1 saturated heterocycles. The summed E-state index contributed by atoms with van der Waals surface area (Å²) in [5.74, 6) is 0. The van der Waals surface area contributed by atoms with Crippen LogP contribution in [0.2, 0.25) is 0 Å². The Balaban J connectivity index is 1.44. The van der Waals surface area contributed by atoms with Crippen molar-refractivity contribution in [1.29, 1.82) is 0 Å². The van der Waals surface area contributed by atoms with Gasteiger partial charge in [0.25, 0.3) is 0 Å². The van der Waals surface area contributed by atoms with Gasteiger partial charge in [0.2, 0.25) is 0 Å². The summed E-state index contributed by atoms with van der Waals surface area (Å²) in [5, 5.41) is 9.35. The summed E-state index contributed by atoms with van der Waals surface area (Å²) in [6.45, 7) is 1.57. The van der Waals surface area contributed by atoms with E-state index in [0.717, 1.165) is 16.7 Å². The van der Waals surface area contributed by atoms with Crippen LogP contribution >= 0.6 is 0 Å². The third kappa shape index (κ3) is 7.20. The molecule has 1 aliphatic heterocycles. The Morgan fingerprint density at radius 3 is 1.76 bits per heavy atom. The van der Waals surface area contributed by atoms with E-state index < -0.39 is 18.5 Å². The second kappa shape index (κ2) is 12.6. The SMILES string of the molecule is OO[C@H]1C[C@H](OCc2ccccc2)[C@H](OCc2ccccc2)C(COCc2ccccc2)O1. The Labute approximate surface area is 194 Å². The smallest absolute Gasteiger partial charge is 0.194 e. The van der Waals surface area contributed by atoms with Gasteiger partial charge >= 0.3 is 0 Å². The first-order valence-electron chi connectivity index (χ1n) is 11.2. The zero-order valence-corrected chi connectivity index (χ0v) is 18.5. The van der Waals surface area contributed by atoms with Crippen LogP contribution in [0.1, 0.15) is 23.1 Å². The van der Waals surface area contributed by atoms with Crippen molar-refractivity contribution in [3.05, 3.63) is 108 Å². The minimum absolute atomic E-state index is 0.277. The molecule has 1 heterocycles. The number of benzene rings is 3. The van der Waals surface area contributed by atoms with Gasteiger partial charge in [0.1, 0.15) is 12.2 Å². The summed E-state index contributed by atoms with van der Waals surface area (Å²) in [6.07, 6.45) is -1.67. The van der Waals surface area contributed by atoms with Crippen LogP contribution in [0.15, 0.2) is 91.0 Å². The van der Waals surface area contributed by atoms with Gasteiger partial charge in [0.15, 0.2) is 6.29 Å². The first-order chi connectivity index (χ1) is 16.3. The quantitative estimate of drug-likeness (QED) is 0.328. The minimum atomic E-state index is -0.812. The summed E-state index contributed by atoms with van der Waals surface area (Å²) in [5.41, 5.74) is 3.19. The molecule has 1 unspecified atom stereocenters. The average molecular weight is 451 g/mol. The van der Waals surface area contributed by atoms with E-state index in [1.165, 1.54) is 0 Å². The molecule has 0 bridgehead atoms. The van der Waals surface area contributed by atoms with Crippen LogP contribution in [0.5, 0.6) is 0 Å². The second-order valence-corrected chi connectivity index (χ2v) is 8.04. The highest BCUT2D eigenvalue weighted by Crippen LogP contribution is 2.28. The zero-order chi connectivity index (χ0) is 22.7. The molecule has 0 saturated carbocycles. The standard InChI is InChI=1S/C27H30O6/c28-33-26-16-24(30-18-22-12-6-2-7-13-22)27(31-19-23-14-8-3-9-15-23)25(32-26)20-29-17-21-10-4-1-5-11-21/h1-15,24-28H,16-20H2/t24-,25?,26-,27-/m0/s1. The molecule has 33 heavy (non-hydrogen) atoms. The Bertz CT molecular complexity index is 921. The van der Waals surface area contributed by atoms with Crippen molar-refractivity contribution in [2.24, 2.45) is 0 Å². The van der Waals surface area contributed by atoms with E-state index in [1.54, 1.807) is 0 Å². The third-order valence-corrected chi connectivity index (χ3v) is 5.59. The van der Waals surface area contributed by atoms with Gasteiger partial charge in [-0.25, -0.2) is 10.1 Å². The van der Waals surface area contributed by atoms with Crippen LogP contribution in [0.3, 0.4) is 0 Å². The largest absolute Gasteiger partial charge is 0.374 e. The van der Waals surface area contributed by atoms with Gasteiger partial charge in [-0.15, -0.1) is 0 Å². The molecule has 0 aliphatic carbocycles. The molecule has 6 nitrogen and oxygen atoms in total. The van der Waals surface area contributed by atoms with Crippen molar-refractivity contribution in [3.63, 3.8) is 0 Å². The monoisotopic (exact) mass is 450 g/mol. The maximum absolute atomic E-state index is 9.35. The van der Waals surface area contributed by atoms with E-state index in [9.17, 15) is 5.26 Å². The number of rotatable bonds is 11. The van der Waals surface area contributed by atoms with Gasteiger partial charge in [0, 0.05) is 6.42 Å². The minimum Gasteiger partial charge on any atom is -0.374 e. The first-order valence-corrected chi connectivity index (χ1v) is 11.2. The first kappa shape index (κ1) is 23.6. The Hall–Kier alpha value is -2.58. The molecule has 4 rings (SSSR count). The van der Waals surface area contributed by atoms with Crippen molar-refractivity contribution in [2.75, 3.05) is 6.61 Å². The number of hydrogen-bond acceptors (Lipinski definition) is 6. The fraction of sp³-hybridized carbons (Fsp3) is 0.333. The summed E-state index contributed by atoms with van der Waals surface area (Å²) in [6, 6.07) is 29.9. The highest BCUT2D eigenvalue weighted by Gasteiger charge is 2.41. The van der Waals surface area contributed by atoms with Crippen molar-refractivity contribution < 1.29 is 29.1 Å². The molecule has 4 atom stereocenters. The summed E-state index contributed by atoms with van der Waals surface area (Å²) in [4.78, 5) is 4.57. The fourth-order valence-corrected chi connectivity index (χ4v) is 3.88. The van der Waals surface area contributed by atoms with E-state index in [-0.39, 0.29) is 12.7 Å². The Morgan fingerprint density at radius 1 is 0.697 bits per heavy atom. The van der Waals surface area contributed by atoms with E-state index in [4.69, 9.17) is 18.9 Å². The van der Waals surface area contributed by atoms with Crippen molar-refractivity contribution >= 4 is 0 Å².